The van der Waals surface area contributed by atoms with E-state index in [4.69, 9.17) is 16.3 Å². The Morgan fingerprint density at radius 1 is 0.816 bits per heavy atom. The van der Waals surface area contributed by atoms with Crippen molar-refractivity contribution in [1.82, 2.24) is 0 Å². The van der Waals surface area contributed by atoms with Crippen molar-refractivity contribution in [1.29, 1.82) is 0 Å². The highest BCUT2D eigenvalue weighted by Crippen LogP contribution is 2.65. The molecule has 8 rings (SSSR count). The van der Waals surface area contributed by atoms with Crippen LogP contribution in [-0.2, 0) is 24.6 Å². The molecule has 6 atom stereocenters. The lowest BCUT2D eigenvalue weighted by molar-refractivity contribution is -0.135. The number of anilines is 1. The fourth-order valence-electron chi connectivity index (χ4n) is 9.03. The lowest BCUT2D eigenvalue weighted by atomic mass is 9.44. The first-order valence-corrected chi connectivity index (χ1v) is 16.8. The largest absolute Gasteiger partial charge is 0.508 e. The third-order valence-corrected chi connectivity index (χ3v) is 11.3. The Labute approximate surface area is 288 Å². The number of Topliss-reactive ketones (excluding diaryl/α,β-unsaturated/α-hetero) is 1. The minimum absolute atomic E-state index is 0.0863. The van der Waals surface area contributed by atoms with E-state index in [0.29, 0.717) is 38.7 Å². The van der Waals surface area contributed by atoms with E-state index in [9.17, 15) is 14.7 Å². The predicted octanol–water partition coefficient (Wildman–Crippen LogP) is 7.08. The SMILES string of the molecule is COc1cccc(O)c1C1C2=CCC3C(=O)N(c4ccc(Cl)cc4)C(=O)C3C2CC2C(=O)C(c3ccccc3)=CC(=O)C21c1ccccc1. The minimum atomic E-state index is -1.47. The van der Waals surface area contributed by atoms with Crippen LogP contribution < -0.4 is 9.64 Å². The number of ether oxygens (including phenoxy) is 1. The van der Waals surface area contributed by atoms with E-state index in [1.807, 2.05) is 66.7 Å². The molecule has 0 spiro atoms. The van der Waals surface area contributed by atoms with Crippen LogP contribution in [0.15, 0.2) is 121 Å². The summed E-state index contributed by atoms with van der Waals surface area (Å²) in [5.74, 6) is -4.67. The number of methoxy groups -OCH3 is 1. The third-order valence-electron chi connectivity index (χ3n) is 11.0. The van der Waals surface area contributed by atoms with Gasteiger partial charge in [-0.2, -0.15) is 0 Å². The summed E-state index contributed by atoms with van der Waals surface area (Å²) in [5.41, 5.74) is 1.65. The molecule has 2 fully saturated rings. The summed E-state index contributed by atoms with van der Waals surface area (Å²) in [6, 6.07) is 29.9. The van der Waals surface area contributed by atoms with Crippen molar-refractivity contribution in [2.45, 2.75) is 24.2 Å². The second-order valence-corrected chi connectivity index (χ2v) is 13.6. The number of nitrogens with zero attached hydrogens (tertiary/aromatic N) is 1. The standard InChI is InChI=1S/C41H32ClNO6/c1-49-33-14-8-13-32(44)36(33)37-27-19-20-28-35(40(48)43(39(28)47)26-17-15-25(42)16-18-26)30(27)21-31-38(46)29(23-9-4-2-5-10-23)22-34(45)41(31,37)24-11-6-3-7-12-24/h2-19,22,28,30-31,35,37,44H,20-21H2,1H3. The number of allylic oxidation sites excluding steroid dienone is 4. The average molecular weight is 670 g/mol. The van der Waals surface area contributed by atoms with Gasteiger partial charge in [0.15, 0.2) is 11.6 Å². The van der Waals surface area contributed by atoms with Crippen LogP contribution in [-0.4, -0.2) is 35.6 Å². The number of rotatable bonds is 5. The number of ketones is 2. The smallest absolute Gasteiger partial charge is 0.238 e. The number of aromatic hydroxyl groups is 1. The van der Waals surface area contributed by atoms with Crippen LogP contribution in [0.3, 0.4) is 0 Å². The molecule has 244 valence electrons. The van der Waals surface area contributed by atoms with Crippen molar-refractivity contribution in [3.8, 4) is 11.5 Å². The molecule has 4 aliphatic rings. The van der Waals surface area contributed by atoms with Crippen LogP contribution in [0.2, 0.25) is 5.02 Å². The normalized spacial score (nSPS) is 27.6. The quantitative estimate of drug-likeness (QED) is 0.180. The molecule has 1 saturated carbocycles. The second kappa shape index (κ2) is 11.7. The average Bonchev–Trinajstić information content (AvgIpc) is 3.39. The maximum Gasteiger partial charge on any atom is 0.238 e. The molecule has 49 heavy (non-hydrogen) atoms. The Morgan fingerprint density at radius 2 is 1.51 bits per heavy atom. The predicted molar refractivity (Wildman–Crippen MR) is 185 cm³/mol. The maximum absolute atomic E-state index is 15.1. The first-order chi connectivity index (χ1) is 23.8. The van der Waals surface area contributed by atoms with Gasteiger partial charge in [-0.3, -0.25) is 24.1 Å². The number of halogens is 1. The second-order valence-electron chi connectivity index (χ2n) is 13.2. The summed E-state index contributed by atoms with van der Waals surface area (Å²) in [4.78, 5) is 59.9. The van der Waals surface area contributed by atoms with E-state index in [1.165, 1.54) is 18.1 Å². The molecule has 4 aromatic rings. The maximum atomic E-state index is 15.1. The molecule has 0 bridgehead atoms. The van der Waals surface area contributed by atoms with Gasteiger partial charge >= 0.3 is 0 Å². The summed E-state index contributed by atoms with van der Waals surface area (Å²) in [7, 11) is 1.50. The summed E-state index contributed by atoms with van der Waals surface area (Å²) in [6.45, 7) is 0. The van der Waals surface area contributed by atoms with Gasteiger partial charge in [0.05, 0.1) is 30.0 Å². The van der Waals surface area contributed by atoms with Gasteiger partial charge in [-0.15, -0.1) is 0 Å². The fourth-order valence-corrected chi connectivity index (χ4v) is 9.16. The monoisotopic (exact) mass is 669 g/mol. The Bertz CT molecular complexity index is 2090. The van der Waals surface area contributed by atoms with E-state index in [1.54, 1.807) is 42.5 Å². The zero-order valence-electron chi connectivity index (χ0n) is 26.6. The number of fused-ring (bicyclic) bond motifs is 4. The molecule has 1 N–H and O–H groups in total. The molecule has 8 heteroatoms. The van der Waals surface area contributed by atoms with Crippen LogP contribution in [0.5, 0.6) is 11.5 Å². The summed E-state index contributed by atoms with van der Waals surface area (Å²) in [5, 5.41) is 12.1. The molecule has 0 aromatic heterocycles. The molecule has 3 aliphatic carbocycles. The van der Waals surface area contributed by atoms with Crippen molar-refractivity contribution in [2.24, 2.45) is 23.7 Å². The number of imide groups is 1. The summed E-state index contributed by atoms with van der Waals surface area (Å²) < 4.78 is 5.84. The first kappa shape index (κ1) is 31.0. The number of carbonyl (C=O) groups excluding carboxylic acids is 4. The molecule has 1 aliphatic heterocycles. The summed E-state index contributed by atoms with van der Waals surface area (Å²) in [6.07, 6.45) is 3.85. The van der Waals surface area contributed by atoms with E-state index in [0.717, 1.165) is 5.57 Å². The Morgan fingerprint density at radius 3 is 2.20 bits per heavy atom. The lowest BCUT2D eigenvalue weighted by Gasteiger charge is -2.55. The highest BCUT2D eigenvalue weighted by molar-refractivity contribution is 6.32. The van der Waals surface area contributed by atoms with Crippen LogP contribution in [0.25, 0.3) is 5.57 Å². The Kier molecular flexibility index (Phi) is 7.41. The molecular weight excluding hydrogens is 638 g/mol. The molecular formula is C41H32ClNO6. The zero-order chi connectivity index (χ0) is 34.0. The van der Waals surface area contributed by atoms with E-state index < -0.39 is 35.0 Å². The van der Waals surface area contributed by atoms with Gasteiger partial charge in [-0.1, -0.05) is 90.0 Å². The van der Waals surface area contributed by atoms with Crippen molar-refractivity contribution >= 4 is 46.2 Å². The van der Waals surface area contributed by atoms with Gasteiger partial charge < -0.3 is 9.84 Å². The number of phenols is 1. The van der Waals surface area contributed by atoms with Gasteiger partial charge in [0.25, 0.3) is 0 Å². The van der Waals surface area contributed by atoms with E-state index in [2.05, 4.69) is 0 Å². The lowest BCUT2D eigenvalue weighted by Crippen LogP contribution is -2.58. The zero-order valence-corrected chi connectivity index (χ0v) is 27.3. The Hall–Kier alpha value is -5.27. The van der Waals surface area contributed by atoms with Crippen molar-refractivity contribution in [3.05, 3.63) is 143 Å². The number of carbonyl (C=O) groups is 4. The van der Waals surface area contributed by atoms with E-state index in [-0.39, 0.29) is 42.0 Å². The Balaban J connectivity index is 1.38. The minimum Gasteiger partial charge on any atom is -0.508 e. The van der Waals surface area contributed by atoms with Gasteiger partial charge in [0.1, 0.15) is 11.5 Å². The molecule has 7 nitrogen and oxygen atoms in total. The van der Waals surface area contributed by atoms with Crippen molar-refractivity contribution < 1.29 is 29.0 Å². The molecule has 0 radical (unpaired) electrons. The molecule has 6 unspecified atom stereocenters. The third kappa shape index (κ3) is 4.48. The van der Waals surface area contributed by atoms with Crippen LogP contribution in [0.4, 0.5) is 5.69 Å². The topological polar surface area (TPSA) is 101 Å². The van der Waals surface area contributed by atoms with Crippen molar-refractivity contribution in [3.63, 3.8) is 0 Å². The summed E-state index contributed by atoms with van der Waals surface area (Å²) >= 11 is 6.13. The molecule has 4 aromatic carbocycles. The van der Waals surface area contributed by atoms with Crippen LogP contribution in [0.1, 0.15) is 35.4 Å². The fraction of sp³-hybridized carbons (Fsp3) is 0.220. The highest BCUT2D eigenvalue weighted by atomic mass is 35.5. The molecule has 1 saturated heterocycles. The van der Waals surface area contributed by atoms with Gasteiger partial charge in [-0.25, -0.2) is 0 Å². The number of amides is 2. The molecule has 1 heterocycles. The van der Waals surface area contributed by atoms with Crippen molar-refractivity contribution in [2.75, 3.05) is 12.0 Å². The number of benzene rings is 4. The number of hydrogen-bond acceptors (Lipinski definition) is 6. The van der Waals surface area contributed by atoms with E-state index >= 15 is 9.59 Å². The number of hydrogen-bond donors (Lipinski definition) is 1. The first-order valence-electron chi connectivity index (χ1n) is 16.4. The van der Waals surface area contributed by atoms with Crippen LogP contribution >= 0.6 is 11.6 Å². The van der Waals surface area contributed by atoms with Crippen LogP contribution in [0, 0.1) is 23.7 Å². The highest BCUT2D eigenvalue weighted by Gasteiger charge is 2.66. The van der Waals surface area contributed by atoms with Gasteiger partial charge in [0.2, 0.25) is 11.8 Å². The van der Waals surface area contributed by atoms with Gasteiger partial charge in [-0.05, 0) is 72.4 Å². The number of phenolic OH excluding ortho intramolecular Hbond substituents is 1. The molecule has 2 amide bonds. The van der Waals surface area contributed by atoms with Gasteiger partial charge in [0, 0.05) is 28.0 Å².